The number of hydrogen-bond donors (Lipinski definition) is 1. The maximum absolute atomic E-state index is 12.4. The van der Waals surface area contributed by atoms with Gasteiger partial charge in [-0.2, -0.15) is 5.10 Å². The summed E-state index contributed by atoms with van der Waals surface area (Å²) in [6, 6.07) is 16.4. The third-order valence-electron chi connectivity index (χ3n) is 4.20. The van der Waals surface area contributed by atoms with E-state index in [1.165, 1.54) is 6.92 Å². The lowest BCUT2D eigenvalue weighted by Crippen LogP contribution is -2.12. The van der Waals surface area contributed by atoms with Crippen LogP contribution in [0.2, 0.25) is 0 Å². The fraction of sp³-hybridized carbons (Fsp3) is 0.190. The van der Waals surface area contributed by atoms with E-state index in [9.17, 15) is 9.59 Å². The molecule has 0 unspecified atom stereocenters. The molecule has 0 aliphatic heterocycles. The van der Waals surface area contributed by atoms with Gasteiger partial charge >= 0.3 is 0 Å². The molecule has 0 radical (unpaired) electrons. The lowest BCUT2D eigenvalue weighted by molar-refractivity contribution is 0.101. The predicted octanol–water partition coefficient (Wildman–Crippen LogP) is 4.00. The molecule has 3 rings (SSSR count). The van der Waals surface area contributed by atoms with Crippen molar-refractivity contribution in [2.45, 2.75) is 27.3 Å². The molecule has 0 aliphatic carbocycles. The van der Waals surface area contributed by atoms with Gasteiger partial charge in [-0.25, -0.2) is 0 Å². The first-order chi connectivity index (χ1) is 12.4. The number of anilines is 1. The Morgan fingerprint density at radius 2 is 1.58 bits per heavy atom. The van der Waals surface area contributed by atoms with E-state index in [-0.39, 0.29) is 11.7 Å². The maximum atomic E-state index is 12.4. The van der Waals surface area contributed by atoms with Crippen LogP contribution in [0.3, 0.4) is 0 Å². The number of carbonyl (C=O) groups excluding carboxylic acids is 2. The van der Waals surface area contributed by atoms with Crippen molar-refractivity contribution >= 4 is 17.4 Å². The van der Waals surface area contributed by atoms with Crippen molar-refractivity contribution in [3.63, 3.8) is 0 Å². The summed E-state index contributed by atoms with van der Waals surface area (Å²) < 4.78 is 1.95. The standard InChI is InChI=1S/C21H21N3O2/c1-14-12-15(2)24(23-14)13-17-4-6-19(7-5-17)21(26)22-20-10-8-18(9-11-20)16(3)25/h4-12H,13H2,1-3H3,(H,22,26). The van der Waals surface area contributed by atoms with Crippen LogP contribution in [0.15, 0.2) is 54.6 Å². The van der Waals surface area contributed by atoms with E-state index in [0.717, 1.165) is 17.0 Å². The Morgan fingerprint density at radius 3 is 2.12 bits per heavy atom. The molecule has 5 nitrogen and oxygen atoms in total. The van der Waals surface area contributed by atoms with Crippen molar-refractivity contribution in [1.29, 1.82) is 0 Å². The summed E-state index contributed by atoms with van der Waals surface area (Å²) in [5, 5.41) is 7.29. The van der Waals surface area contributed by atoms with E-state index in [2.05, 4.69) is 10.4 Å². The maximum Gasteiger partial charge on any atom is 0.255 e. The number of carbonyl (C=O) groups is 2. The topological polar surface area (TPSA) is 64.0 Å². The van der Waals surface area contributed by atoms with Crippen molar-refractivity contribution < 1.29 is 9.59 Å². The van der Waals surface area contributed by atoms with Gasteiger partial charge in [-0.05, 0) is 68.8 Å². The summed E-state index contributed by atoms with van der Waals surface area (Å²) in [6.45, 7) is 6.19. The molecule has 0 atom stereocenters. The molecule has 0 saturated heterocycles. The van der Waals surface area contributed by atoms with Crippen molar-refractivity contribution in [2.75, 3.05) is 5.32 Å². The highest BCUT2D eigenvalue weighted by atomic mass is 16.1. The van der Waals surface area contributed by atoms with E-state index in [1.54, 1.807) is 36.4 Å². The van der Waals surface area contributed by atoms with Crippen LogP contribution < -0.4 is 5.32 Å². The molecular formula is C21H21N3O2. The van der Waals surface area contributed by atoms with Gasteiger partial charge in [0.25, 0.3) is 5.91 Å². The minimum atomic E-state index is -0.182. The molecule has 0 saturated carbocycles. The second-order valence-corrected chi connectivity index (χ2v) is 6.37. The highest BCUT2D eigenvalue weighted by molar-refractivity contribution is 6.04. The summed E-state index contributed by atoms with van der Waals surface area (Å²) in [5.74, 6) is -0.181. The van der Waals surface area contributed by atoms with Crippen molar-refractivity contribution in [3.05, 3.63) is 82.7 Å². The average molecular weight is 347 g/mol. The molecule has 0 spiro atoms. The monoisotopic (exact) mass is 347 g/mol. The van der Waals surface area contributed by atoms with Gasteiger partial charge in [0.1, 0.15) is 0 Å². The first-order valence-electron chi connectivity index (χ1n) is 8.45. The van der Waals surface area contributed by atoms with Gasteiger partial charge in [0.2, 0.25) is 0 Å². The molecule has 132 valence electrons. The Hall–Kier alpha value is -3.21. The Labute approximate surface area is 152 Å². The minimum Gasteiger partial charge on any atom is -0.322 e. The Kier molecular flexibility index (Phi) is 4.98. The summed E-state index contributed by atoms with van der Waals surface area (Å²) in [7, 11) is 0. The largest absolute Gasteiger partial charge is 0.322 e. The van der Waals surface area contributed by atoms with Crippen LogP contribution in [0.4, 0.5) is 5.69 Å². The van der Waals surface area contributed by atoms with Crippen molar-refractivity contribution in [2.24, 2.45) is 0 Å². The molecule has 0 aliphatic rings. The van der Waals surface area contributed by atoms with Crippen LogP contribution in [0.25, 0.3) is 0 Å². The normalized spacial score (nSPS) is 10.6. The fourth-order valence-corrected chi connectivity index (χ4v) is 2.76. The summed E-state index contributed by atoms with van der Waals surface area (Å²) in [4.78, 5) is 23.7. The van der Waals surface area contributed by atoms with Gasteiger partial charge < -0.3 is 5.32 Å². The SMILES string of the molecule is CC(=O)c1ccc(NC(=O)c2ccc(Cn3nc(C)cc3C)cc2)cc1. The van der Waals surface area contributed by atoms with Crippen LogP contribution in [-0.4, -0.2) is 21.5 Å². The molecule has 0 fully saturated rings. The molecule has 3 aromatic rings. The number of nitrogens with zero attached hydrogens (tertiary/aromatic N) is 2. The third kappa shape index (κ3) is 4.06. The first kappa shape index (κ1) is 17.6. The number of benzene rings is 2. The lowest BCUT2D eigenvalue weighted by atomic mass is 10.1. The van der Waals surface area contributed by atoms with E-state index in [0.29, 0.717) is 23.4 Å². The molecule has 1 N–H and O–H groups in total. The average Bonchev–Trinajstić information content (AvgIpc) is 2.93. The predicted molar refractivity (Wildman–Crippen MR) is 102 cm³/mol. The van der Waals surface area contributed by atoms with Crippen LogP contribution in [-0.2, 0) is 6.54 Å². The summed E-state index contributed by atoms with van der Waals surface area (Å²) >= 11 is 0. The van der Waals surface area contributed by atoms with Gasteiger partial charge in [-0.3, -0.25) is 14.3 Å². The fourth-order valence-electron chi connectivity index (χ4n) is 2.76. The highest BCUT2D eigenvalue weighted by Crippen LogP contribution is 2.13. The molecule has 1 aromatic heterocycles. The quantitative estimate of drug-likeness (QED) is 0.710. The van der Waals surface area contributed by atoms with Gasteiger partial charge in [-0.1, -0.05) is 12.1 Å². The number of aryl methyl sites for hydroxylation is 2. The molecule has 26 heavy (non-hydrogen) atoms. The summed E-state index contributed by atoms with van der Waals surface area (Å²) in [5.41, 5.74) is 5.05. The van der Waals surface area contributed by atoms with Gasteiger partial charge in [0.05, 0.1) is 12.2 Å². The Balaban J connectivity index is 1.66. The zero-order valence-electron chi connectivity index (χ0n) is 15.1. The van der Waals surface area contributed by atoms with Crippen molar-refractivity contribution in [1.82, 2.24) is 9.78 Å². The Bertz CT molecular complexity index is 938. The third-order valence-corrected chi connectivity index (χ3v) is 4.20. The number of Topliss-reactive ketones (excluding diaryl/α,β-unsaturated/α-hetero) is 1. The summed E-state index contributed by atoms with van der Waals surface area (Å²) in [6.07, 6.45) is 0. The number of ketones is 1. The molecule has 1 amide bonds. The van der Waals surface area contributed by atoms with E-state index in [4.69, 9.17) is 0 Å². The zero-order chi connectivity index (χ0) is 18.7. The second-order valence-electron chi connectivity index (χ2n) is 6.37. The van der Waals surface area contributed by atoms with Crippen molar-refractivity contribution in [3.8, 4) is 0 Å². The first-order valence-corrected chi connectivity index (χ1v) is 8.45. The number of hydrogen-bond acceptors (Lipinski definition) is 3. The second kappa shape index (κ2) is 7.35. The number of amides is 1. The van der Waals surface area contributed by atoms with Gasteiger partial charge in [0, 0.05) is 22.5 Å². The van der Waals surface area contributed by atoms with Crippen LogP contribution in [0, 0.1) is 13.8 Å². The number of rotatable bonds is 5. The molecular weight excluding hydrogens is 326 g/mol. The highest BCUT2D eigenvalue weighted by Gasteiger charge is 2.08. The van der Waals surface area contributed by atoms with Crippen LogP contribution in [0.1, 0.15) is 44.6 Å². The smallest absolute Gasteiger partial charge is 0.255 e. The van der Waals surface area contributed by atoms with E-state index < -0.39 is 0 Å². The molecule has 1 heterocycles. The molecule has 2 aromatic carbocycles. The number of aromatic nitrogens is 2. The molecule has 5 heteroatoms. The van der Waals surface area contributed by atoms with Crippen LogP contribution in [0.5, 0.6) is 0 Å². The minimum absolute atomic E-state index is 0.000998. The van der Waals surface area contributed by atoms with Gasteiger partial charge in [0.15, 0.2) is 5.78 Å². The van der Waals surface area contributed by atoms with Crippen LogP contribution >= 0.6 is 0 Å². The zero-order valence-corrected chi connectivity index (χ0v) is 15.1. The van der Waals surface area contributed by atoms with Gasteiger partial charge in [-0.15, -0.1) is 0 Å². The van der Waals surface area contributed by atoms with E-state index in [1.807, 2.05) is 36.7 Å². The van der Waals surface area contributed by atoms with E-state index >= 15 is 0 Å². The lowest BCUT2D eigenvalue weighted by Gasteiger charge is -2.08. The molecule has 0 bridgehead atoms. The number of nitrogens with one attached hydrogen (secondary N) is 1. The Morgan fingerprint density at radius 1 is 0.962 bits per heavy atom.